The molecular weight excluding hydrogens is 410 g/mol. The Morgan fingerprint density at radius 3 is 2.45 bits per heavy atom. The van der Waals surface area contributed by atoms with Gasteiger partial charge in [-0.05, 0) is 37.6 Å². The Hall–Kier alpha value is -2.64. The fourth-order valence-corrected chi connectivity index (χ4v) is 6.94. The number of nitrogens with zero attached hydrogens (tertiary/aromatic N) is 2. The van der Waals surface area contributed by atoms with Crippen molar-refractivity contribution in [3.63, 3.8) is 0 Å². The first kappa shape index (κ1) is 20.3. The number of aromatic nitrogens is 1. The van der Waals surface area contributed by atoms with Gasteiger partial charge in [-0.15, -0.1) is 0 Å². The number of nitrogens with one attached hydrogen (secondary N) is 1. The topological polar surface area (TPSA) is 71.4 Å². The lowest BCUT2D eigenvalue weighted by Gasteiger charge is -2.28. The summed E-state index contributed by atoms with van der Waals surface area (Å²) >= 11 is 0. The van der Waals surface area contributed by atoms with Crippen LogP contribution in [-0.4, -0.2) is 60.5 Å². The monoisotopic (exact) mass is 437 g/mol. The molecule has 2 saturated heterocycles. The van der Waals surface area contributed by atoms with Gasteiger partial charge in [-0.25, -0.2) is 8.42 Å². The molecule has 2 atom stereocenters. The third-order valence-corrected chi connectivity index (χ3v) is 8.19. The number of sulfone groups is 1. The lowest BCUT2D eigenvalue weighted by Crippen LogP contribution is -2.50. The van der Waals surface area contributed by atoms with Crippen LogP contribution in [0.4, 0.5) is 0 Å². The van der Waals surface area contributed by atoms with Gasteiger partial charge in [0, 0.05) is 29.7 Å². The van der Waals surface area contributed by atoms with Crippen molar-refractivity contribution >= 4 is 26.6 Å². The van der Waals surface area contributed by atoms with E-state index in [1.165, 1.54) is 0 Å². The molecule has 162 valence electrons. The second-order valence-electron chi connectivity index (χ2n) is 8.64. The Labute approximate surface area is 182 Å². The van der Waals surface area contributed by atoms with Gasteiger partial charge in [-0.3, -0.25) is 9.69 Å². The van der Waals surface area contributed by atoms with E-state index in [1.54, 1.807) is 0 Å². The Kier molecular flexibility index (Phi) is 5.32. The maximum Gasteiger partial charge on any atom is 0.253 e. The number of amides is 1. The lowest BCUT2D eigenvalue weighted by molar-refractivity contribution is 0.0920. The summed E-state index contributed by atoms with van der Waals surface area (Å²) in [4.78, 5) is 15.5. The van der Waals surface area contributed by atoms with Crippen LogP contribution in [-0.2, 0) is 16.4 Å². The van der Waals surface area contributed by atoms with Crippen LogP contribution in [0, 0.1) is 0 Å². The molecule has 0 saturated carbocycles. The van der Waals surface area contributed by atoms with Gasteiger partial charge in [0.25, 0.3) is 5.91 Å². The number of hydrogen-bond acceptors (Lipinski definition) is 4. The minimum atomic E-state index is -3.15. The first-order valence-corrected chi connectivity index (χ1v) is 12.7. The summed E-state index contributed by atoms with van der Waals surface area (Å²) in [5.41, 5.74) is 2.74. The van der Waals surface area contributed by atoms with Crippen molar-refractivity contribution in [2.24, 2.45) is 0 Å². The highest BCUT2D eigenvalue weighted by molar-refractivity contribution is 7.91. The average Bonchev–Trinajstić information content (AvgIpc) is 3.47. The molecule has 1 N–H and O–H groups in total. The van der Waals surface area contributed by atoms with E-state index >= 15 is 0 Å². The number of fused-ring (bicyclic) bond motifs is 1. The molecule has 0 spiro atoms. The number of likely N-dealkylation sites (tertiary alicyclic amines) is 1. The highest BCUT2D eigenvalue weighted by Gasteiger charge is 2.42. The van der Waals surface area contributed by atoms with Crippen molar-refractivity contribution < 1.29 is 13.2 Å². The van der Waals surface area contributed by atoms with Crippen LogP contribution < -0.4 is 5.32 Å². The lowest BCUT2D eigenvalue weighted by atomic mass is 10.1. The number of para-hydroxylation sites is 1. The van der Waals surface area contributed by atoms with E-state index in [9.17, 15) is 13.2 Å². The molecule has 2 fully saturated rings. The van der Waals surface area contributed by atoms with Crippen LogP contribution in [0.1, 0.15) is 28.8 Å². The molecule has 0 radical (unpaired) electrons. The molecule has 5 rings (SSSR count). The molecule has 0 bridgehead atoms. The summed E-state index contributed by atoms with van der Waals surface area (Å²) in [7, 11) is -3.15. The molecule has 1 aromatic heterocycles. The van der Waals surface area contributed by atoms with Gasteiger partial charge >= 0.3 is 0 Å². The number of rotatable bonds is 5. The third-order valence-electron chi connectivity index (χ3n) is 6.48. The Morgan fingerprint density at radius 1 is 0.968 bits per heavy atom. The molecule has 2 aliphatic rings. The maximum absolute atomic E-state index is 13.3. The van der Waals surface area contributed by atoms with Gasteiger partial charge in [0.2, 0.25) is 0 Å². The summed E-state index contributed by atoms with van der Waals surface area (Å²) in [5.74, 6) is -0.0506. The van der Waals surface area contributed by atoms with Gasteiger partial charge in [-0.2, -0.15) is 0 Å². The van der Waals surface area contributed by atoms with Crippen molar-refractivity contribution in [2.75, 3.05) is 24.6 Å². The average molecular weight is 438 g/mol. The molecule has 2 aromatic carbocycles. The van der Waals surface area contributed by atoms with Gasteiger partial charge in [0.1, 0.15) is 0 Å². The zero-order valence-electron chi connectivity index (χ0n) is 17.4. The third kappa shape index (κ3) is 4.12. The Bertz CT molecular complexity index is 1200. The van der Waals surface area contributed by atoms with Crippen molar-refractivity contribution in [1.29, 1.82) is 0 Å². The normalized spacial score (nSPS) is 23.4. The summed E-state index contributed by atoms with van der Waals surface area (Å²) in [6.45, 7) is 2.48. The molecular formula is C24H27N3O3S. The first-order chi connectivity index (χ1) is 15.0. The van der Waals surface area contributed by atoms with Crippen molar-refractivity contribution in [2.45, 2.75) is 31.5 Å². The Morgan fingerprint density at radius 2 is 1.68 bits per heavy atom. The van der Waals surface area contributed by atoms with E-state index < -0.39 is 9.84 Å². The van der Waals surface area contributed by atoms with E-state index in [0.717, 1.165) is 42.4 Å². The SMILES string of the molecule is O=C(NC1CS(=O)(=O)CC1N1CCCC1)c1cn(Cc2ccccc2)c2ccccc12. The smallest absolute Gasteiger partial charge is 0.253 e. The molecule has 0 aliphatic carbocycles. The van der Waals surface area contributed by atoms with Crippen LogP contribution in [0.3, 0.4) is 0 Å². The number of benzene rings is 2. The minimum absolute atomic E-state index is 0.0164. The second-order valence-corrected chi connectivity index (χ2v) is 10.8. The van der Waals surface area contributed by atoms with E-state index in [1.807, 2.05) is 48.7 Å². The molecule has 31 heavy (non-hydrogen) atoms. The van der Waals surface area contributed by atoms with Crippen LogP contribution in [0.2, 0.25) is 0 Å². The fraction of sp³-hybridized carbons (Fsp3) is 0.375. The summed E-state index contributed by atoms with van der Waals surface area (Å²) in [5, 5.41) is 3.96. The zero-order valence-corrected chi connectivity index (χ0v) is 18.2. The highest BCUT2D eigenvalue weighted by atomic mass is 32.2. The standard InChI is InChI=1S/C24H27N3O3S/c28-24(25-21-16-31(29,30)17-23(21)26-12-6-7-13-26)20-15-27(14-18-8-2-1-3-9-18)22-11-5-4-10-19(20)22/h1-5,8-11,15,21,23H,6-7,12-14,16-17H2,(H,25,28). The van der Waals surface area contributed by atoms with Crippen LogP contribution >= 0.6 is 0 Å². The van der Waals surface area contributed by atoms with Crippen LogP contribution in [0.25, 0.3) is 10.9 Å². The Balaban J connectivity index is 1.43. The number of carbonyl (C=O) groups excluding carboxylic acids is 1. The van der Waals surface area contributed by atoms with E-state index in [0.29, 0.717) is 12.1 Å². The van der Waals surface area contributed by atoms with Crippen LogP contribution in [0.15, 0.2) is 60.8 Å². The molecule has 1 amide bonds. The molecule has 3 heterocycles. The first-order valence-electron chi connectivity index (χ1n) is 10.9. The van der Waals surface area contributed by atoms with Gasteiger partial charge in [0.05, 0.1) is 23.1 Å². The van der Waals surface area contributed by atoms with Crippen molar-refractivity contribution in [3.8, 4) is 0 Å². The minimum Gasteiger partial charge on any atom is -0.347 e. The van der Waals surface area contributed by atoms with Crippen molar-refractivity contribution in [3.05, 3.63) is 71.9 Å². The van der Waals surface area contributed by atoms with E-state index in [2.05, 4.69) is 26.9 Å². The summed E-state index contributed by atoms with van der Waals surface area (Å²) in [6, 6.07) is 17.5. The number of carbonyl (C=O) groups is 1. The molecule has 6 nitrogen and oxygen atoms in total. The largest absolute Gasteiger partial charge is 0.347 e. The number of hydrogen-bond donors (Lipinski definition) is 1. The predicted octanol–water partition coefficient (Wildman–Crippen LogP) is 2.68. The van der Waals surface area contributed by atoms with E-state index in [-0.39, 0.29) is 29.5 Å². The second kappa shape index (κ2) is 8.13. The summed E-state index contributed by atoms with van der Waals surface area (Å²) < 4.78 is 26.8. The van der Waals surface area contributed by atoms with Gasteiger partial charge < -0.3 is 9.88 Å². The maximum atomic E-state index is 13.3. The summed E-state index contributed by atoms with van der Waals surface area (Å²) in [6.07, 6.45) is 4.07. The van der Waals surface area contributed by atoms with Crippen molar-refractivity contribution in [1.82, 2.24) is 14.8 Å². The van der Waals surface area contributed by atoms with Crippen LogP contribution in [0.5, 0.6) is 0 Å². The predicted molar refractivity (Wildman–Crippen MR) is 122 cm³/mol. The van der Waals surface area contributed by atoms with Gasteiger partial charge in [0.15, 0.2) is 9.84 Å². The molecule has 3 aromatic rings. The van der Waals surface area contributed by atoms with E-state index in [4.69, 9.17) is 0 Å². The molecule has 2 unspecified atom stereocenters. The van der Waals surface area contributed by atoms with Gasteiger partial charge in [-0.1, -0.05) is 48.5 Å². The molecule has 7 heteroatoms. The zero-order chi connectivity index (χ0) is 21.4. The fourth-order valence-electron chi connectivity index (χ4n) is 4.98. The molecule has 2 aliphatic heterocycles. The quantitative estimate of drug-likeness (QED) is 0.666. The highest BCUT2D eigenvalue weighted by Crippen LogP contribution is 2.25.